The van der Waals surface area contributed by atoms with Gasteiger partial charge < -0.3 is 45.1 Å². The molecule has 0 radical (unpaired) electrons. The van der Waals surface area contributed by atoms with Gasteiger partial charge in [0.2, 0.25) is 5.91 Å². The number of aliphatic hydroxyl groups excluding tert-OH is 5. The Labute approximate surface area is 454 Å². The van der Waals surface area contributed by atoms with Gasteiger partial charge >= 0.3 is 5.97 Å². The summed E-state index contributed by atoms with van der Waals surface area (Å²) in [6, 6.07) is -1.02. The molecule has 0 aromatic heterocycles. The highest BCUT2D eigenvalue weighted by molar-refractivity contribution is 5.80. The molecule has 0 aromatic rings. The molecule has 0 aliphatic carbocycles. The van der Waals surface area contributed by atoms with Crippen LogP contribution in [0.2, 0.25) is 0 Å². The number of hydrogen-bond acceptors (Lipinski definition) is 10. The van der Waals surface area contributed by atoms with E-state index in [-0.39, 0.29) is 13.0 Å². The van der Waals surface area contributed by atoms with Crippen LogP contribution in [-0.2, 0) is 23.8 Å². The molecule has 1 saturated heterocycles. The Morgan fingerprint density at radius 3 is 1.31 bits per heavy atom. The van der Waals surface area contributed by atoms with Gasteiger partial charge in [-0.25, -0.2) is 0 Å². The molecule has 436 valence electrons. The number of allylic oxidation sites excluding steroid dienone is 3. The molecular weight excluding hydrogens is 931 g/mol. The molecule has 1 heterocycles. The second-order valence-electron chi connectivity index (χ2n) is 22.1. The van der Waals surface area contributed by atoms with E-state index in [0.29, 0.717) is 19.3 Å². The second-order valence-corrected chi connectivity index (χ2v) is 22.1. The van der Waals surface area contributed by atoms with Gasteiger partial charge in [-0.3, -0.25) is 9.59 Å². The molecule has 11 nitrogen and oxygen atoms in total. The highest BCUT2D eigenvalue weighted by Gasteiger charge is 2.47. The minimum atomic E-state index is -1.61. The zero-order chi connectivity index (χ0) is 54.0. The van der Waals surface area contributed by atoms with Crippen LogP contribution in [0, 0.1) is 0 Å². The molecule has 11 heteroatoms. The molecule has 8 atom stereocenters. The number of carbonyl (C=O) groups excluding carboxylic acids is 2. The summed E-state index contributed by atoms with van der Waals surface area (Å²) >= 11 is 0. The van der Waals surface area contributed by atoms with Gasteiger partial charge in [0.15, 0.2) is 12.4 Å². The number of esters is 1. The van der Waals surface area contributed by atoms with Gasteiger partial charge in [0.25, 0.3) is 0 Å². The van der Waals surface area contributed by atoms with E-state index in [9.17, 15) is 35.1 Å². The number of unbranched alkanes of at least 4 members (excludes halogenated alkanes) is 38. The number of ether oxygens (including phenoxy) is 3. The predicted molar refractivity (Wildman–Crippen MR) is 306 cm³/mol. The number of amides is 1. The lowest BCUT2D eigenvalue weighted by molar-refractivity contribution is -0.305. The van der Waals surface area contributed by atoms with Crippen LogP contribution in [-0.4, -0.2) is 99.6 Å². The molecule has 1 rings (SSSR count). The zero-order valence-electron chi connectivity index (χ0n) is 48.2. The van der Waals surface area contributed by atoms with Gasteiger partial charge in [0.05, 0.1) is 25.4 Å². The Bertz CT molecular complexity index is 1300. The lowest BCUT2D eigenvalue weighted by Gasteiger charge is -2.41. The minimum absolute atomic E-state index is 0.122. The van der Waals surface area contributed by atoms with Crippen molar-refractivity contribution in [3.05, 3.63) is 24.3 Å². The number of aliphatic hydroxyl groups is 5. The van der Waals surface area contributed by atoms with Crippen molar-refractivity contribution in [2.24, 2.45) is 0 Å². The average molecular weight is 1050 g/mol. The van der Waals surface area contributed by atoms with Crippen molar-refractivity contribution in [2.75, 3.05) is 13.2 Å². The Morgan fingerprint density at radius 2 is 0.892 bits per heavy atom. The van der Waals surface area contributed by atoms with E-state index >= 15 is 0 Å². The molecule has 1 aliphatic rings. The second kappa shape index (κ2) is 51.9. The van der Waals surface area contributed by atoms with Crippen LogP contribution in [0.1, 0.15) is 303 Å². The van der Waals surface area contributed by atoms with Crippen molar-refractivity contribution in [1.82, 2.24) is 5.32 Å². The van der Waals surface area contributed by atoms with Crippen molar-refractivity contribution >= 4 is 11.9 Å². The molecule has 0 saturated carbocycles. The smallest absolute Gasteiger partial charge is 0.306 e. The average Bonchev–Trinajstić information content (AvgIpc) is 3.40. The Morgan fingerprint density at radius 1 is 0.514 bits per heavy atom. The van der Waals surface area contributed by atoms with E-state index in [1.165, 1.54) is 186 Å². The van der Waals surface area contributed by atoms with Crippen LogP contribution < -0.4 is 5.32 Å². The number of rotatable bonds is 54. The zero-order valence-corrected chi connectivity index (χ0v) is 48.2. The van der Waals surface area contributed by atoms with E-state index in [1.54, 1.807) is 6.08 Å². The number of nitrogens with one attached hydrogen (secondary N) is 1. The maximum atomic E-state index is 13.4. The molecular formula is C63H119NO10. The SMILES string of the molecule is CCCCCCCC/C=C/CCCCCCCCCC(=O)OC1C(OCC(NC(=O)C(O)CCCCCCCCCCCCCCCCCC)C(O)/C=C/CCCCCCCCCCCC)OC(CO)C(O)C1O. The fraction of sp³-hybridized carbons (Fsp3) is 0.905. The van der Waals surface area contributed by atoms with Crippen LogP contribution in [0.4, 0.5) is 0 Å². The molecule has 0 aromatic carbocycles. The van der Waals surface area contributed by atoms with Gasteiger partial charge in [0.1, 0.15) is 24.4 Å². The normalized spacial score (nSPS) is 19.4. The standard InChI is InChI=1S/C63H119NO10/c1-4-7-10-13-16-19-22-25-27-29-31-33-36-39-42-45-48-51-58(68)74-61-60(70)59(69)57(52-65)73-63(61)72-53-54(55(66)49-46-43-40-37-34-24-21-18-15-12-9-6-3)64-62(71)56(67)50-47-44-41-38-35-32-30-28-26-23-20-17-14-11-8-5-2/h25,27,46,49,54-57,59-61,63,65-67,69-70H,4-24,26,28-45,47-48,50-53H2,1-3H3,(H,64,71)/b27-25+,49-46+. The molecule has 0 spiro atoms. The predicted octanol–water partition coefficient (Wildman–Crippen LogP) is 14.9. The van der Waals surface area contributed by atoms with E-state index in [1.807, 2.05) is 6.08 Å². The topological polar surface area (TPSA) is 175 Å². The van der Waals surface area contributed by atoms with Crippen molar-refractivity contribution in [1.29, 1.82) is 0 Å². The monoisotopic (exact) mass is 1050 g/mol. The molecule has 1 amide bonds. The van der Waals surface area contributed by atoms with Crippen LogP contribution in [0.5, 0.6) is 0 Å². The van der Waals surface area contributed by atoms with Crippen LogP contribution in [0.3, 0.4) is 0 Å². The Balaban J connectivity index is 2.67. The molecule has 1 aliphatic heterocycles. The molecule has 6 N–H and O–H groups in total. The van der Waals surface area contributed by atoms with Crippen LogP contribution >= 0.6 is 0 Å². The Hall–Kier alpha value is -1.86. The third-order valence-corrected chi connectivity index (χ3v) is 15.1. The molecule has 0 bridgehead atoms. The highest BCUT2D eigenvalue weighted by Crippen LogP contribution is 2.26. The minimum Gasteiger partial charge on any atom is -0.454 e. The number of hydrogen-bond donors (Lipinski definition) is 6. The van der Waals surface area contributed by atoms with Crippen molar-refractivity contribution < 1.29 is 49.3 Å². The summed E-state index contributed by atoms with van der Waals surface area (Å²) in [6.07, 6.45) is 49.3. The first-order valence-electron chi connectivity index (χ1n) is 31.6. The maximum absolute atomic E-state index is 13.4. The van der Waals surface area contributed by atoms with Gasteiger partial charge in [-0.15, -0.1) is 0 Å². The molecule has 74 heavy (non-hydrogen) atoms. The van der Waals surface area contributed by atoms with Crippen molar-refractivity contribution in [2.45, 2.75) is 352 Å². The Kier molecular flexibility index (Phi) is 49.2. The van der Waals surface area contributed by atoms with Gasteiger partial charge in [0, 0.05) is 6.42 Å². The molecule has 8 unspecified atom stereocenters. The van der Waals surface area contributed by atoms with Crippen molar-refractivity contribution in [3.63, 3.8) is 0 Å². The fourth-order valence-corrected chi connectivity index (χ4v) is 10.1. The summed E-state index contributed by atoms with van der Waals surface area (Å²) in [5.74, 6) is -1.19. The summed E-state index contributed by atoms with van der Waals surface area (Å²) in [5.41, 5.74) is 0. The fourth-order valence-electron chi connectivity index (χ4n) is 10.1. The maximum Gasteiger partial charge on any atom is 0.306 e. The lowest BCUT2D eigenvalue weighted by atomic mass is 9.99. The summed E-state index contributed by atoms with van der Waals surface area (Å²) in [6.45, 7) is 5.81. The van der Waals surface area contributed by atoms with Gasteiger partial charge in [-0.1, -0.05) is 270 Å². The van der Waals surface area contributed by atoms with Crippen molar-refractivity contribution in [3.8, 4) is 0 Å². The summed E-state index contributed by atoms with van der Waals surface area (Å²) in [4.78, 5) is 26.5. The van der Waals surface area contributed by atoms with E-state index in [2.05, 4.69) is 38.2 Å². The quantitative estimate of drug-likeness (QED) is 0.0195. The van der Waals surface area contributed by atoms with E-state index in [4.69, 9.17) is 14.2 Å². The first kappa shape index (κ1) is 70.2. The summed E-state index contributed by atoms with van der Waals surface area (Å²) in [7, 11) is 0. The largest absolute Gasteiger partial charge is 0.454 e. The summed E-state index contributed by atoms with van der Waals surface area (Å²) in [5, 5.41) is 57.0. The van der Waals surface area contributed by atoms with Crippen LogP contribution in [0.25, 0.3) is 0 Å². The first-order chi connectivity index (χ1) is 36.2. The van der Waals surface area contributed by atoms with E-state index < -0.39 is 67.4 Å². The number of carbonyl (C=O) groups is 2. The van der Waals surface area contributed by atoms with E-state index in [0.717, 1.165) is 70.6 Å². The van der Waals surface area contributed by atoms with Gasteiger partial charge in [-0.2, -0.15) is 0 Å². The van der Waals surface area contributed by atoms with Crippen LogP contribution in [0.15, 0.2) is 24.3 Å². The third-order valence-electron chi connectivity index (χ3n) is 15.1. The molecule has 1 fully saturated rings. The highest BCUT2D eigenvalue weighted by atomic mass is 16.7. The lowest BCUT2D eigenvalue weighted by Crippen LogP contribution is -2.61. The first-order valence-corrected chi connectivity index (χ1v) is 31.6. The van der Waals surface area contributed by atoms with Gasteiger partial charge in [-0.05, 0) is 51.4 Å². The summed E-state index contributed by atoms with van der Waals surface area (Å²) < 4.78 is 17.6. The third kappa shape index (κ3) is 39.5.